The Morgan fingerprint density at radius 1 is 0.600 bits per heavy atom. The minimum absolute atomic E-state index is 0.113. The highest BCUT2D eigenvalue weighted by molar-refractivity contribution is 7.47. The Hall–Kier alpha value is -4.33. The first-order chi connectivity index (χ1) is 40.6. The van der Waals surface area contributed by atoms with Crippen LogP contribution in [0.3, 0.4) is 0 Å². The van der Waals surface area contributed by atoms with Crippen molar-refractivity contribution in [2.24, 2.45) is 5.73 Å². The number of hydrogen-bond donors (Lipinski definition) is 10. The maximum Gasteiger partial charge on any atom is 0.472 e. The monoisotopic (exact) mass is 1240 g/mol. The molecule has 0 aromatic carbocycles. The summed E-state index contributed by atoms with van der Waals surface area (Å²) in [6.45, 7) is 5.41. The third-order valence-electron chi connectivity index (χ3n) is 14.5. The molecule has 1 fully saturated rings. The molecule has 0 bridgehead atoms. The van der Waals surface area contributed by atoms with Gasteiger partial charge in [-0.1, -0.05) is 168 Å². The van der Waals surface area contributed by atoms with Gasteiger partial charge in [-0.15, -0.1) is 0 Å². The van der Waals surface area contributed by atoms with Gasteiger partial charge in [-0.2, -0.15) is 0 Å². The Balaban J connectivity index is 2.58. The highest BCUT2D eigenvalue weighted by atomic mass is 31.2. The Bertz CT molecular complexity index is 1940. The van der Waals surface area contributed by atoms with Gasteiger partial charge in [0.25, 0.3) is 0 Å². The molecule has 11 N–H and O–H groups in total. The number of amides is 6. The molecule has 1 rings (SSSR count). The van der Waals surface area contributed by atoms with Gasteiger partial charge in [-0.05, 0) is 33.1 Å². The molecular formula is C59H109N6O19P. The highest BCUT2D eigenvalue weighted by Gasteiger charge is 2.46. The van der Waals surface area contributed by atoms with Crippen LogP contribution in [0.1, 0.15) is 234 Å². The molecule has 0 aromatic rings. The molecule has 1 saturated heterocycles. The van der Waals surface area contributed by atoms with Gasteiger partial charge in [0, 0.05) is 39.2 Å². The van der Waals surface area contributed by atoms with Crippen LogP contribution in [0.4, 0.5) is 0 Å². The molecule has 1 aliphatic rings. The lowest BCUT2D eigenvalue weighted by molar-refractivity contribution is -0.261. The Kier molecular flexibility index (Phi) is 45.0. The van der Waals surface area contributed by atoms with Crippen molar-refractivity contribution in [3.8, 4) is 0 Å². The number of primary amides is 1. The summed E-state index contributed by atoms with van der Waals surface area (Å²) < 4.78 is 44.7. The zero-order chi connectivity index (χ0) is 63.3. The van der Waals surface area contributed by atoms with Crippen molar-refractivity contribution in [2.75, 3.05) is 39.6 Å². The molecule has 2 unspecified atom stereocenters. The summed E-state index contributed by atoms with van der Waals surface area (Å²) in [5, 5.41) is 42.4. The average molecular weight is 1240 g/mol. The van der Waals surface area contributed by atoms with Crippen molar-refractivity contribution < 1.29 is 91.1 Å². The predicted molar refractivity (Wildman–Crippen MR) is 318 cm³/mol. The van der Waals surface area contributed by atoms with Gasteiger partial charge < -0.3 is 71.5 Å². The molecule has 25 nitrogen and oxygen atoms in total. The quantitative estimate of drug-likeness (QED) is 0.0196. The van der Waals surface area contributed by atoms with E-state index in [0.717, 1.165) is 44.9 Å². The molecule has 494 valence electrons. The van der Waals surface area contributed by atoms with Crippen LogP contribution in [-0.2, 0) is 70.9 Å². The second-order valence-electron chi connectivity index (χ2n) is 22.3. The van der Waals surface area contributed by atoms with E-state index in [-0.39, 0.29) is 45.3 Å². The van der Waals surface area contributed by atoms with Crippen LogP contribution in [0.2, 0.25) is 0 Å². The van der Waals surface area contributed by atoms with Crippen molar-refractivity contribution >= 4 is 55.2 Å². The first kappa shape index (κ1) is 78.7. The zero-order valence-corrected chi connectivity index (χ0v) is 52.7. The van der Waals surface area contributed by atoms with Crippen molar-refractivity contribution in [3.05, 3.63) is 0 Å². The normalized spacial score (nSPS) is 18.9. The van der Waals surface area contributed by atoms with E-state index in [0.29, 0.717) is 12.8 Å². The van der Waals surface area contributed by atoms with Gasteiger partial charge in [0.1, 0.15) is 49.1 Å². The number of aliphatic hydroxyl groups excluding tert-OH is 3. The number of esters is 2. The predicted octanol–water partition coefficient (Wildman–Crippen LogP) is 5.76. The van der Waals surface area contributed by atoms with Crippen molar-refractivity contribution in [2.45, 2.75) is 289 Å². The van der Waals surface area contributed by atoms with Crippen molar-refractivity contribution in [1.82, 2.24) is 26.6 Å². The molecule has 1 aliphatic heterocycles. The minimum atomic E-state index is -4.79. The van der Waals surface area contributed by atoms with E-state index in [2.05, 4.69) is 40.4 Å². The van der Waals surface area contributed by atoms with Crippen LogP contribution < -0.4 is 32.3 Å². The third kappa shape index (κ3) is 40.0. The standard InChI is InChI=1S/C59H109N6O19P/c1-6-8-10-12-14-16-18-20-22-24-26-28-30-32-51(70)80-41-46(83-52(71)33-31-29-27-25-23-21-19-17-15-13-11-9-7-2)42-82-85(77,78)81-39-37-61-57(74)43(3)62-49(68)35-34-47(56(60)73)65-58(75)44(4)63-50(69)36-38-79-55-53(64-45(5)67)59(76)84-48(40-66)54(55)72/h43-44,46-48,53-55,59,66,72,76H,6-42H2,1-5H3,(H2,60,73)(H,61,74)(H,62,68)(H,63,69)(H,64,67)(H,65,75)(H,77,78)/t43-,44-,46+,47+,48+,53+,54+,55-,59?/m0/s1. The largest absolute Gasteiger partial charge is 0.472 e. The van der Waals surface area contributed by atoms with E-state index in [1.165, 1.54) is 130 Å². The third-order valence-corrected chi connectivity index (χ3v) is 15.5. The first-order valence-electron chi connectivity index (χ1n) is 31.6. The molecule has 85 heavy (non-hydrogen) atoms. The summed E-state index contributed by atoms with van der Waals surface area (Å²) in [5.74, 6) is -5.55. The molecule has 1 heterocycles. The van der Waals surface area contributed by atoms with Crippen LogP contribution >= 0.6 is 7.82 Å². The number of phosphoric ester groups is 1. The van der Waals surface area contributed by atoms with Crippen LogP contribution in [-0.4, -0.2) is 162 Å². The highest BCUT2D eigenvalue weighted by Crippen LogP contribution is 2.43. The first-order valence-corrected chi connectivity index (χ1v) is 33.1. The molecule has 0 radical (unpaired) electrons. The fourth-order valence-corrected chi connectivity index (χ4v) is 10.2. The second kappa shape index (κ2) is 48.7. The molecule has 10 atom stereocenters. The van der Waals surface area contributed by atoms with Crippen LogP contribution in [0.25, 0.3) is 0 Å². The van der Waals surface area contributed by atoms with Gasteiger partial charge in [-0.3, -0.25) is 47.4 Å². The van der Waals surface area contributed by atoms with E-state index in [9.17, 15) is 63.1 Å². The molecule has 0 aromatic heterocycles. The van der Waals surface area contributed by atoms with Gasteiger partial charge in [0.05, 0.1) is 26.4 Å². The van der Waals surface area contributed by atoms with E-state index in [1.54, 1.807) is 0 Å². The zero-order valence-electron chi connectivity index (χ0n) is 51.8. The number of rotatable bonds is 53. The van der Waals surface area contributed by atoms with E-state index in [1.807, 2.05) is 0 Å². The summed E-state index contributed by atoms with van der Waals surface area (Å²) in [6, 6.07) is -4.95. The Morgan fingerprint density at radius 3 is 1.55 bits per heavy atom. The lowest BCUT2D eigenvalue weighted by Gasteiger charge is -2.42. The molecular weight excluding hydrogens is 1130 g/mol. The maximum atomic E-state index is 12.9. The lowest BCUT2D eigenvalue weighted by atomic mass is 9.96. The molecule has 0 aliphatic carbocycles. The maximum absolute atomic E-state index is 12.9. The van der Waals surface area contributed by atoms with E-state index < -0.39 is 137 Å². The Morgan fingerprint density at radius 2 is 1.07 bits per heavy atom. The number of phosphoric acid groups is 1. The number of ether oxygens (including phenoxy) is 4. The SMILES string of the molecule is CCCCCCCCCCCCCCCC(=O)OC[C@H](COP(=O)(O)OCCNC(=O)[C@H](C)NC(=O)CC[C@@H](NC(=O)[C@H](C)NC(=O)CCO[C@@H]1[C@H](O)[C@@H](CO)OC(O)[C@@H]1NC(C)=O)C(N)=O)OC(=O)CCCCCCCCCCCCCCC. The van der Waals surface area contributed by atoms with Crippen LogP contribution in [0.15, 0.2) is 0 Å². The molecule has 26 heteroatoms. The average Bonchev–Trinajstić information content (AvgIpc) is 3.46. The number of carbonyl (C=O) groups is 8. The van der Waals surface area contributed by atoms with Gasteiger partial charge in [0.15, 0.2) is 12.4 Å². The number of unbranched alkanes of at least 4 members (excludes halogenated alkanes) is 24. The minimum Gasteiger partial charge on any atom is -0.462 e. The summed E-state index contributed by atoms with van der Waals surface area (Å²) in [6.07, 6.45) is 22.3. The van der Waals surface area contributed by atoms with Gasteiger partial charge in [-0.25, -0.2) is 4.57 Å². The fourth-order valence-electron chi connectivity index (χ4n) is 9.47. The smallest absolute Gasteiger partial charge is 0.462 e. The van der Waals surface area contributed by atoms with Crippen LogP contribution in [0.5, 0.6) is 0 Å². The Labute approximate surface area is 505 Å². The number of nitrogens with one attached hydrogen (secondary N) is 5. The molecule has 0 saturated carbocycles. The van der Waals surface area contributed by atoms with Gasteiger partial charge in [0.2, 0.25) is 35.4 Å². The van der Waals surface area contributed by atoms with Crippen molar-refractivity contribution in [3.63, 3.8) is 0 Å². The van der Waals surface area contributed by atoms with Crippen LogP contribution in [0, 0.1) is 0 Å². The number of carbonyl (C=O) groups excluding carboxylic acids is 8. The number of nitrogens with two attached hydrogens (primary N) is 1. The van der Waals surface area contributed by atoms with Crippen molar-refractivity contribution in [1.29, 1.82) is 0 Å². The lowest BCUT2D eigenvalue weighted by Crippen LogP contribution is -2.64. The fraction of sp³-hybridized carbons (Fsp3) is 0.864. The summed E-state index contributed by atoms with van der Waals surface area (Å²) in [5.41, 5.74) is 5.47. The second-order valence-corrected chi connectivity index (χ2v) is 23.8. The number of hydrogen-bond acceptors (Lipinski definition) is 18. The number of aliphatic hydroxyl groups is 3. The molecule has 0 spiro atoms. The van der Waals surface area contributed by atoms with Gasteiger partial charge >= 0.3 is 19.8 Å². The molecule has 6 amide bonds. The summed E-state index contributed by atoms with van der Waals surface area (Å²) in [4.78, 5) is 111. The van der Waals surface area contributed by atoms with E-state index in [4.69, 9.17) is 33.7 Å². The topological polar surface area (TPSA) is 376 Å². The van der Waals surface area contributed by atoms with E-state index >= 15 is 0 Å². The summed E-state index contributed by atoms with van der Waals surface area (Å²) >= 11 is 0. The summed E-state index contributed by atoms with van der Waals surface area (Å²) in [7, 11) is -4.79.